The normalized spacial score (nSPS) is 10.9. The molecule has 3 aromatic carbocycles. The van der Waals surface area contributed by atoms with Crippen LogP contribution in [0.5, 0.6) is 11.5 Å². The SMILES string of the molecule is O=C(O)c1cccc(OCc2nc3ccccc3n2Cc2ccccc2O)c1. The summed E-state index contributed by atoms with van der Waals surface area (Å²) in [7, 11) is 0. The molecule has 4 rings (SSSR count). The Labute approximate surface area is 161 Å². The fourth-order valence-electron chi connectivity index (χ4n) is 3.09. The number of rotatable bonds is 6. The van der Waals surface area contributed by atoms with Crippen LogP contribution in [0.25, 0.3) is 11.0 Å². The number of aromatic carboxylic acids is 1. The van der Waals surface area contributed by atoms with E-state index in [1.54, 1.807) is 24.3 Å². The zero-order chi connectivity index (χ0) is 19.5. The number of phenols is 1. The Hall–Kier alpha value is -3.80. The summed E-state index contributed by atoms with van der Waals surface area (Å²) in [6.07, 6.45) is 0. The summed E-state index contributed by atoms with van der Waals surface area (Å²) < 4.78 is 7.80. The molecule has 0 amide bonds. The zero-order valence-corrected chi connectivity index (χ0v) is 14.9. The highest BCUT2D eigenvalue weighted by atomic mass is 16.5. The smallest absolute Gasteiger partial charge is 0.335 e. The molecule has 0 fully saturated rings. The predicted molar refractivity (Wildman–Crippen MR) is 105 cm³/mol. The van der Waals surface area contributed by atoms with E-state index >= 15 is 0 Å². The van der Waals surface area contributed by atoms with Crippen LogP contribution in [-0.2, 0) is 13.2 Å². The first-order chi connectivity index (χ1) is 13.6. The fourth-order valence-corrected chi connectivity index (χ4v) is 3.09. The van der Waals surface area contributed by atoms with Crippen LogP contribution in [0.1, 0.15) is 21.7 Å². The number of hydrogen-bond donors (Lipinski definition) is 2. The van der Waals surface area contributed by atoms with Crippen LogP contribution in [0.15, 0.2) is 72.8 Å². The van der Waals surface area contributed by atoms with Crippen molar-refractivity contribution >= 4 is 17.0 Å². The summed E-state index contributed by atoms with van der Waals surface area (Å²) in [5.74, 6) is 0.366. The van der Waals surface area contributed by atoms with E-state index in [2.05, 4.69) is 4.98 Å². The third kappa shape index (κ3) is 3.53. The molecular formula is C22H18N2O4. The van der Waals surface area contributed by atoms with E-state index in [1.807, 2.05) is 41.0 Å². The lowest BCUT2D eigenvalue weighted by Gasteiger charge is -2.12. The van der Waals surface area contributed by atoms with Gasteiger partial charge in [0.2, 0.25) is 0 Å². The Balaban J connectivity index is 1.66. The molecule has 1 heterocycles. The monoisotopic (exact) mass is 374 g/mol. The van der Waals surface area contributed by atoms with Gasteiger partial charge in [0, 0.05) is 5.56 Å². The number of aromatic nitrogens is 2. The lowest BCUT2D eigenvalue weighted by atomic mass is 10.2. The number of hydrogen-bond acceptors (Lipinski definition) is 4. The van der Waals surface area contributed by atoms with Crippen LogP contribution in [0, 0.1) is 0 Å². The van der Waals surface area contributed by atoms with Crippen LogP contribution in [0.3, 0.4) is 0 Å². The summed E-state index contributed by atoms with van der Waals surface area (Å²) in [5.41, 5.74) is 2.71. The highest BCUT2D eigenvalue weighted by Crippen LogP contribution is 2.23. The molecule has 0 saturated carbocycles. The number of carbonyl (C=O) groups is 1. The molecule has 0 aliphatic carbocycles. The Morgan fingerprint density at radius 3 is 2.61 bits per heavy atom. The van der Waals surface area contributed by atoms with E-state index in [0.29, 0.717) is 18.1 Å². The quantitative estimate of drug-likeness (QED) is 0.531. The van der Waals surface area contributed by atoms with Crippen molar-refractivity contribution in [2.24, 2.45) is 0 Å². The van der Waals surface area contributed by atoms with Gasteiger partial charge in [-0.1, -0.05) is 36.4 Å². The van der Waals surface area contributed by atoms with Crippen molar-refractivity contribution in [3.05, 3.63) is 89.7 Å². The maximum Gasteiger partial charge on any atom is 0.335 e. The molecule has 6 heteroatoms. The van der Waals surface area contributed by atoms with Gasteiger partial charge in [0.05, 0.1) is 23.1 Å². The molecule has 0 radical (unpaired) electrons. The first-order valence-corrected chi connectivity index (χ1v) is 8.79. The second-order valence-electron chi connectivity index (χ2n) is 6.35. The lowest BCUT2D eigenvalue weighted by Crippen LogP contribution is -2.09. The largest absolute Gasteiger partial charge is 0.508 e. The number of fused-ring (bicyclic) bond motifs is 1. The Kier molecular flexibility index (Phi) is 4.68. The minimum absolute atomic E-state index is 0.167. The summed E-state index contributed by atoms with van der Waals surface area (Å²) in [4.78, 5) is 15.8. The summed E-state index contributed by atoms with van der Waals surface area (Å²) in [5, 5.41) is 19.3. The van der Waals surface area contributed by atoms with Gasteiger partial charge in [-0.3, -0.25) is 0 Å². The van der Waals surface area contributed by atoms with Crippen molar-refractivity contribution in [1.29, 1.82) is 0 Å². The van der Waals surface area contributed by atoms with Crippen LogP contribution in [0.2, 0.25) is 0 Å². The topological polar surface area (TPSA) is 84.6 Å². The van der Waals surface area contributed by atoms with Crippen molar-refractivity contribution in [1.82, 2.24) is 9.55 Å². The number of benzene rings is 3. The van der Waals surface area contributed by atoms with Crippen LogP contribution < -0.4 is 4.74 Å². The number of carboxylic acid groups (broad SMARTS) is 1. The molecule has 0 aliphatic heterocycles. The molecule has 1 aromatic heterocycles. The van der Waals surface area contributed by atoms with Crippen molar-refractivity contribution in [3.8, 4) is 11.5 Å². The number of nitrogens with zero attached hydrogens (tertiary/aromatic N) is 2. The maximum atomic E-state index is 11.1. The van der Waals surface area contributed by atoms with E-state index < -0.39 is 5.97 Å². The molecule has 4 aromatic rings. The number of para-hydroxylation sites is 3. The zero-order valence-electron chi connectivity index (χ0n) is 14.9. The number of carboxylic acids is 1. The van der Waals surface area contributed by atoms with Gasteiger partial charge in [-0.25, -0.2) is 9.78 Å². The van der Waals surface area contributed by atoms with E-state index in [1.165, 1.54) is 12.1 Å². The number of imidazole rings is 1. The molecule has 2 N–H and O–H groups in total. The molecule has 0 spiro atoms. The Morgan fingerprint density at radius 2 is 1.79 bits per heavy atom. The summed E-state index contributed by atoms with van der Waals surface area (Å²) in [6.45, 7) is 0.617. The number of ether oxygens (including phenoxy) is 1. The minimum Gasteiger partial charge on any atom is -0.508 e. The molecule has 0 atom stereocenters. The Bertz CT molecular complexity index is 1150. The van der Waals surface area contributed by atoms with Crippen LogP contribution in [0.4, 0.5) is 0 Å². The van der Waals surface area contributed by atoms with Gasteiger partial charge in [0.25, 0.3) is 0 Å². The van der Waals surface area contributed by atoms with Gasteiger partial charge in [-0.15, -0.1) is 0 Å². The third-order valence-corrected chi connectivity index (χ3v) is 4.50. The van der Waals surface area contributed by atoms with Crippen molar-refractivity contribution in [3.63, 3.8) is 0 Å². The summed E-state index contributed by atoms with van der Waals surface area (Å²) >= 11 is 0. The molecular weight excluding hydrogens is 356 g/mol. The van der Waals surface area contributed by atoms with Gasteiger partial charge in [0.1, 0.15) is 23.9 Å². The van der Waals surface area contributed by atoms with E-state index in [0.717, 1.165) is 16.6 Å². The van der Waals surface area contributed by atoms with Crippen molar-refractivity contribution in [2.45, 2.75) is 13.2 Å². The van der Waals surface area contributed by atoms with E-state index in [9.17, 15) is 9.90 Å². The van der Waals surface area contributed by atoms with Gasteiger partial charge in [-0.2, -0.15) is 0 Å². The first kappa shape index (κ1) is 17.6. The third-order valence-electron chi connectivity index (χ3n) is 4.50. The van der Waals surface area contributed by atoms with Crippen molar-refractivity contribution in [2.75, 3.05) is 0 Å². The van der Waals surface area contributed by atoms with Gasteiger partial charge in [0.15, 0.2) is 0 Å². The van der Waals surface area contributed by atoms with Gasteiger partial charge >= 0.3 is 5.97 Å². The van der Waals surface area contributed by atoms with Crippen LogP contribution >= 0.6 is 0 Å². The maximum absolute atomic E-state index is 11.1. The second kappa shape index (κ2) is 7.44. The predicted octanol–water partition coefficient (Wildman–Crippen LogP) is 4.07. The van der Waals surface area contributed by atoms with Crippen molar-refractivity contribution < 1.29 is 19.7 Å². The number of phenolic OH excluding ortho intramolecular Hbond substituents is 1. The molecule has 0 saturated heterocycles. The highest BCUT2D eigenvalue weighted by molar-refractivity contribution is 5.88. The molecule has 0 bridgehead atoms. The standard InChI is InChI=1S/C22H18N2O4/c25-20-11-4-1-6-16(20)13-24-19-10-3-2-9-18(19)23-21(24)14-28-17-8-5-7-15(12-17)22(26)27/h1-12,25H,13-14H2,(H,26,27). The molecule has 0 aliphatic rings. The van der Waals surface area contributed by atoms with Gasteiger partial charge < -0.3 is 19.5 Å². The Morgan fingerprint density at radius 1 is 1.00 bits per heavy atom. The first-order valence-electron chi connectivity index (χ1n) is 8.79. The van der Waals surface area contributed by atoms with Crippen LogP contribution in [-0.4, -0.2) is 25.7 Å². The highest BCUT2D eigenvalue weighted by Gasteiger charge is 2.13. The minimum atomic E-state index is -1.00. The van der Waals surface area contributed by atoms with Gasteiger partial charge in [-0.05, 0) is 36.4 Å². The fraction of sp³-hybridized carbons (Fsp3) is 0.0909. The molecule has 140 valence electrons. The number of aromatic hydroxyl groups is 1. The average Bonchev–Trinajstić information content (AvgIpc) is 3.06. The average molecular weight is 374 g/mol. The summed E-state index contributed by atoms with van der Waals surface area (Å²) in [6, 6.07) is 21.3. The molecule has 28 heavy (non-hydrogen) atoms. The van der Waals surface area contributed by atoms with E-state index in [-0.39, 0.29) is 17.9 Å². The van der Waals surface area contributed by atoms with E-state index in [4.69, 9.17) is 9.84 Å². The lowest BCUT2D eigenvalue weighted by molar-refractivity contribution is 0.0696. The molecule has 6 nitrogen and oxygen atoms in total. The second-order valence-corrected chi connectivity index (χ2v) is 6.35. The molecule has 0 unspecified atom stereocenters.